The van der Waals surface area contributed by atoms with Crippen LogP contribution in [0.2, 0.25) is 0 Å². The van der Waals surface area contributed by atoms with Crippen LogP contribution >= 0.6 is 0 Å². The normalized spacial score (nSPS) is 21.9. The van der Waals surface area contributed by atoms with Gasteiger partial charge >= 0.3 is 0 Å². The van der Waals surface area contributed by atoms with Crippen LogP contribution in [0, 0.1) is 0 Å². The van der Waals surface area contributed by atoms with Gasteiger partial charge in [0.25, 0.3) is 5.56 Å². The molecule has 0 saturated carbocycles. The number of nitrogens with one attached hydrogen (secondary N) is 1. The summed E-state index contributed by atoms with van der Waals surface area (Å²) in [5.41, 5.74) is 1.85. The molecular weight excluding hydrogens is 342 g/mol. The number of hydrogen-bond donors (Lipinski definition) is 1. The van der Waals surface area contributed by atoms with Crippen LogP contribution in [0.25, 0.3) is 10.9 Å². The molecule has 1 amide bonds. The number of aromatic nitrogens is 2. The molecule has 144 valence electrons. The third-order valence-electron chi connectivity index (χ3n) is 5.69. The summed E-state index contributed by atoms with van der Waals surface area (Å²) in [6.45, 7) is 4.78. The highest BCUT2D eigenvalue weighted by atomic mass is 16.1. The highest BCUT2D eigenvalue weighted by molar-refractivity contribution is 5.81. The second-order valence-corrected chi connectivity index (χ2v) is 7.66. The predicted molar refractivity (Wildman–Crippen MR) is 106 cm³/mol. The molecule has 1 aromatic heterocycles. The number of nitrogens with zero attached hydrogens (tertiary/aromatic N) is 4. The van der Waals surface area contributed by atoms with Crippen molar-refractivity contribution >= 4 is 22.5 Å². The Morgan fingerprint density at radius 2 is 1.96 bits per heavy atom. The van der Waals surface area contributed by atoms with Crippen molar-refractivity contribution in [3.63, 3.8) is 0 Å². The number of amides is 1. The molecule has 4 rings (SSSR count). The molecule has 1 aromatic carbocycles. The molecule has 1 N–H and O–H groups in total. The first-order valence-electron chi connectivity index (χ1n) is 9.82. The maximum absolute atomic E-state index is 12.2. The van der Waals surface area contributed by atoms with Crippen molar-refractivity contribution in [3.8, 4) is 0 Å². The van der Waals surface area contributed by atoms with Gasteiger partial charge in [-0.05, 0) is 31.0 Å². The van der Waals surface area contributed by atoms with E-state index in [2.05, 4.69) is 20.1 Å². The lowest BCUT2D eigenvalue weighted by atomic mass is 10.1. The Balaban J connectivity index is 1.39. The Bertz CT molecular complexity index is 886. The quantitative estimate of drug-likeness (QED) is 0.878. The van der Waals surface area contributed by atoms with Gasteiger partial charge in [-0.2, -0.15) is 0 Å². The summed E-state index contributed by atoms with van der Waals surface area (Å²) in [5.74, 6) is 0.200. The number of carbonyl (C=O) groups excluding carboxylic acids is 1. The Kier molecular flexibility index (Phi) is 5.11. The molecule has 1 atom stereocenters. The molecule has 2 saturated heterocycles. The lowest BCUT2D eigenvalue weighted by Gasteiger charge is -2.37. The molecule has 27 heavy (non-hydrogen) atoms. The zero-order chi connectivity index (χ0) is 18.8. The Morgan fingerprint density at radius 3 is 2.78 bits per heavy atom. The number of fused-ring (bicyclic) bond motifs is 1. The van der Waals surface area contributed by atoms with E-state index in [9.17, 15) is 9.59 Å². The number of carbonyl (C=O) groups is 1. The van der Waals surface area contributed by atoms with Gasteiger partial charge in [0.15, 0.2) is 0 Å². The van der Waals surface area contributed by atoms with E-state index in [0.29, 0.717) is 11.8 Å². The molecule has 2 aliphatic heterocycles. The smallest absolute Gasteiger partial charge is 0.260 e. The molecule has 0 aliphatic carbocycles. The summed E-state index contributed by atoms with van der Waals surface area (Å²) in [4.78, 5) is 33.1. The van der Waals surface area contributed by atoms with Crippen LogP contribution in [-0.4, -0.2) is 59.1 Å². The summed E-state index contributed by atoms with van der Waals surface area (Å²) in [6.07, 6.45) is 5.47. The van der Waals surface area contributed by atoms with Crippen molar-refractivity contribution in [2.24, 2.45) is 7.05 Å². The molecular formula is C20H27N5O2. The molecule has 7 heteroatoms. The maximum atomic E-state index is 12.2. The van der Waals surface area contributed by atoms with Gasteiger partial charge in [-0.25, -0.2) is 4.98 Å². The highest BCUT2D eigenvalue weighted by Gasteiger charge is 2.23. The largest absolute Gasteiger partial charge is 0.369 e. The zero-order valence-electron chi connectivity index (χ0n) is 15.9. The average Bonchev–Trinajstić information content (AvgIpc) is 2.89. The van der Waals surface area contributed by atoms with Gasteiger partial charge in [-0.3, -0.25) is 14.5 Å². The number of rotatable bonds is 3. The minimum atomic E-state index is -0.0122. The number of piperazine rings is 1. The van der Waals surface area contributed by atoms with Crippen LogP contribution in [0.1, 0.15) is 25.7 Å². The lowest BCUT2D eigenvalue weighted by molar-refractivity contribution is -0.121. The second-order valence-electron chi connectivity index (χ2n) is 7.66. The highest BCUT2D eigenvalue weighted by Crippen LogP contribution is 2.21. The molecule has 2 fully saturated rings. The van der Waals surface area contributed by atoms with E-state index in [0.717, 1.165) is 63.2 Å². The van der Waals surface area contributed by atoms with E-state index in [1.54, 1.807) is 13.4 Å². The Hall–Kier alpha value is -2.41. The van der Waals surface area contributed by atoms with E-state index in [1.165, 1.54) is 4.57 Å². The molecule has 2 aromatic rings. The van der Waals surface area contributed by atoms with Gasteiger partial charge in [0.05, 0.1) is 17.2 Å². The summed E-state index contributed by atoms with van der Waals surface area (Å²) < 4.78 is 1.51. The first kappa shape index (κ1) is 18.0. The third-order valence-corrected chi connectivity index (χ3v) is 5.69. The zero-order valence-corrected chi connectivity index (χ0v) is 15.9. The fourth-order valence-corrected chi connectivity index (χ4v) is 4.08. The van der Waals surface area contributed by atoms with Gasteiger partial charge in [0.2, 0.25) is 5.91 Å². The first-order chi connectivity index (χ1) is 13.1. The Labute approximate surface area is 159 Å². The van der Waals surface area contributed by atoms with Crippen LogP contribution in [0.5, 0.6) is 0 Å². The van der Waals surface area contributed by atoms with Crippen molar-refractivity contribution in [3.05, 3.63) is 34.9 Å². The van der Waals surface area contributed by atoms with Crippen molar-refractivity contribution in [2.45, 2.75) is 31.7 Å². The summed E-state index contributed by atoms with van der Waals surface area (Å²) in [5, 5.41) is 3.82. The van der Waals surface area contributed by atoms with Crippen LogP contribution in [0.15, 0.2) is 29.3 Å². The monoisotopic (exact) mass is 369 g/mol. The summed E-state index contributed by atoms with van der Waals surface area (Å²) >= 11 is 0. The van der Waals surface area contributed by atoms with Crippen LogP contribution in [0.3, 0.4) is 0 Å². The van der Waals surface area contributed by atoms with Crippen molar-refractivity contribution in [1.82, 2.24) is 19.8 Å². The van der Waals surface area contributed by atoms with E-state index >= 15 is 0 Å². The summed E-state index contributed by atoms with van der Waals surface area (Å²) in [6, 6.07) is 6.20. The number of anilines is 1. The predicted octanol–water partition coefficient (Wildman–Crippen LogP) is 1.11. The molecule has 0 radical (unpaired) electrons. The average molecular weight is 369 g/mol. The number of hydrogen-bond acceptors (Lipinski definition) is 5. The first-order valence-corrected chi connectivity index (χ1v) is 9.82. The minimum Gasteiger partial charge on any atom is -0.369 e. The molecule has 0 spiro atoms. The van der Waals surface area contributed by atoms with Gasteiger partial charge in [-0.15, -0.1) is 0 Å². The van der Waals surface area contributed by atoms with Crippen molar-refractivity contribution in [2.75, 3.05) is 37.6 Å². The fourth-order valence-electron chi connectivity index (χ4n) is 4.08. The van der Waals surface area contributed by atoms with E-state index < -0.39 is 0 Å². The van der Waals surface area contributed by atoms with Gasteiger partial charge < -0.3 is 14.8 Å². The SMILES string of the molecule is Cn1cnc2cc(N3CCN(CC4CCCCC(=O)N4)CC3)ccc2c1=O. The fraction of sp³-hybridized carbons (Fsp3) is 0.550. The van der Waals surface area contributed by atoms with E-state index in [4.69, 9.17) is 0 Å². The van der Waals surface area contributed by atoms with Crippen LogP contribution in [0.4, 0.5) is 5.69 Å². The second kappa shape index (κ2) is 7.68. The topological polar surface area (TPSA) is 70.5 Å². The van der Waals surface area contributed by atoms with Gasteiger partial charge in [0.1, 0.15) is 0 Å². The van der Waals surface area contributed by atoms with Crippen LogP contribution < -0.4 is 15.8 Å². The minimum absolute atomic E-state index is 0.0122. The maximum Gasteiger partial charge on any atom is 0.260 e. The molecule has 3 heterocycles. The van der Waals surface area contributed by atoms with Crippen LogP contribution in [-0.2, 0) is 11.8 Å². The van der Waals surface area contributed by atoms with Gasteiger partial charge in [-0.1, -0.05) is 6.42 Å². The van der Waals surface area contributed by atoms with Crippen molar-refractivity contribution in [1.29, 1.82) is 0 Å². The number of aryl methyl sites for hydroxylation is 1. The van der Waals surface area contributed by atoms with E-state index in [1.807, 2.05) is 18.2 Å². The molecule has 0 bridgehead atoms. The third kappa shape index (κ3) is 3.98. The molecule has 2 aliphatic rings. The van der Waals surface area contributed by atoms with Gasteiger partial charge in [0, 0.05) is 57.9 Å². The number of benzene rings is 1. The summed E-state index contributed by atoms with van der Waals surface area (Å²) in [7, 11) is 1.72. The van der Waals surface area contributed by atoms with Crippen molar-refractivity contribution < 1.29 is 4.79 Å². The molecule has 1 unspecified atom stereocenters. The lowest BCUT2D eigenvalue weighted by Crippen LogP contribution is -2.51. The Morgan fingerprint density at radius 1 is 1.15 bits per heavy atom. The molecule has 7 nitrogen and oxygen atoms in total. The van der Waals surface area contributed by atoms with E-state index in [-0.39, 0.29) is 17.5 Å². The standard InChI is InChI=1S/C20H27N5O2/c1-23-14-21-18-12-16(6-7-17(18)20(23)27)25-10-8-24(9-11-25)13-15-4-2-3-5-19(26)22-15/h6-7,12,14-15H,2-5,8-11,13H2,1H3,(H,22,26).